The fraction of sp³-hybridized carbons (Fsp3) is 0.389. The van der Waals surface area contributed by atoms with E-state index in [1.165, 1.54) is 22.3 Å². The van der Waals surface area contributed by atoms with E-state index in [0.717, 1.165) is 19.4 Å². The van der Waals surface area contributed by atoms with Crippen LogP contribution < -0.4 is 5.32 Å². The molecule has 2 nitrogen and oxygen atoms in total. The minimum atomic E-state index is 0.334. The standard InChI is InChI=1S/C18H24N2/c1-4-15-6-8-16(9-7-15)12-18(20-5-2)17-13-19-11-10-14(17)3/h6-11,13,18,20H,4-5,12H2,1-3H3. The maximum absolute atomic E-state index is 4.28. The van der Waals surface area contributed by atoms with Gasteiger partial charge in [0.1, 0.15) is 0 Å². The molecule has 20 heavy (non-hydrogen) atoms. The molecule has 1 unspecified atom stereocenters. The summed E-state index contributed by atoms with van der Waals surface area (Å²) in [7, 11) is 0. The van der Waals surface area contributed by atoms with E-state index in [0.29, 0.717) is 6.04 Å². The summed E-state index contributed by atoms with van der Waals surface area (Å²) in [5, 5.41) is 3.58. The molecule has 1 N–H and O–H groups in total. The number of rotatable bonds is 6. The van der Waals surface area contributed by atoms with E-state index in [-0.39, 0.29) is 0 Å². The highest BCUT2D eigenvalue weighted by Crippen LogP contribution is 2.21. The van der Waals surface area contributed by atoms with Gasteiger partial charge in [0.25, 0.3) is 0 Å². The summed E-state index contributed by atoms with van der Waals surface area (Å²) in [6.45, 7) is 7.46. The van der Waals surface area contributed by atoms with Crippen molar-refractivity contribution in [2.45, 2.75) is 39.7 Å². The quantitative estimate of drug-likeness (QED) is 0.861. The predicted molar refractivity (Wildman–Crippen MR) is 84.9 cm³/mol. The summed E-state index contributed by atoms with van der Waals surface area (Å²) in [4.78, 5) is 4.28. The first-order valence-electron chi connectivity index (χ1n) is 7.46. The van der Waals surface area contributed by atoms with Crippen LogP contribution in [0.2, 0.25) is 0 Å². The van der Waals surface area contributed by atoms with Gasteiger partial charge in [-0.15, -0.1) is 0 Å². The Morgan fingerprint density at radius 3 is 2.35 bits per heavy atom. The van der Waals surface area contributed by atoms with Crippen LogP contribution in [-0.2, 0) is 12.8 Å². The molecule has 0 aliphatic carbocycles. The fourth-order valence-corrected chi connectivity index (χ4v) is 2.53. The monoisotopic (exact) mass is 268 g/mol. The summed E-state index contributed by atoms with van der Waals surface area (Å²) < 4.78 is 0. The van der Waals surface area contributed by atoms with Gasteiger partial charge in [-0.25, -0.2) is 0 Å². The van der Waals surface area contributed by atoms with E-state index >= 15 is 0 Å². The smallest absolute Gasteiger partial charge is 0.0378 e. The lowest BCUT2D eigenvalue weighted by Gasteiger charge is -2.20. The highest BCUT2D eigenvalue weighted by atomic mass is 14.9. The summed E-state index contributed by atoms with van der Waals surface area (Å²) in [6.07, 6.45) is 5.95. The summed E-state index contributed by atoms with van der Waals surface area (Å²) in [6, 6.07) is 11.4. The minimum Gasteiger partial charge on any atom is -0.310 e. The van der Waals surface area contributed by atoms with Gasteiger partial charge in [0.05, 0.1) is 0 Å². The maximum atomic E-state index is 4.28. The molecule has 2 rings (SSSR count). The molecule has 0 saturated carbocycles. The first-order valence-corrected chi connectivity index (χ1v) is 7.46. The maximum Gasteiger partial charge on any atom is 0.0378 e. The molecule has 0 spiro atoms. The van der Waals surface area contributed by atoms with Gasteiger partial charge in [-0.2, -0.15) is 0 Å². The van der Waals surface area contributed by atoms with Crippen LogP contribution in [0.3, 0.4) is 0 Å². The number of pyridine rings is 1. The lowest BCUT2D eigenvalue weighted by Crippen LogP contribution is -2.23. The Bertz CT molecular complexity index is 531. The molecular formula is C18H24N2. The number of aryl methyl sites for hydroxylation is 2. The van der Waals surface area contributed by atoms with E-state index in [1.54, 1.807) is 0 Å². The van der Waals surface area contributed by atoms with Gasteiger partial charge < -0.3 is 5.32 Å². The fourth-order valence-electron chi connectivity index (χ4n) is 2.53. The molecule has 1 atom stereocenters. The largest absolute Gasteiger partial charge is 0.310 e. The number of nitrogens with zero attached hydrogens (tertiary/aromatic N) is 1. The average Bonchev–Trinajstić information content (AvgIpc) is 2.48. The second-order valence-corrected chi connectivity index (χ2v) is 5.22. The molecule has 2 heteroatoms. The third kappa shape index (κ3) is 3.67. The Morgan fingerprint density at radius 1 is 1.05 bits per heavy atom. The first-order chi connectivity index (χ1) is 9.74. The van der Waals surface area contributed by atoms with Crippen molar-refractivity contribution >= 4 is 0 Å². The van der Waals surface area contributed by atoms with Crippen molar-refractivity contribution in [3.63, 3.8) is 0 Å². The molecular weight excluding hydrogens is 244 g/mol. The Labute approximate surface area is 122 Å². The Balaban J connectivity index is 2.18. The molecule has 0 amide bonds. The molecule has 1 aromatic heterocycles. The SMILES string of the molecule is CCNC(Cc1ccc(CC)cc1)c1cnccc1C. The van der Waals surface area contributed by atoms with Crippen molar-refractivity contribution < 1.29 is 0 Å². The van der Waals surface area contributed by atoms with Crippen LogP contribution in [-0.4, -0.2) is 11.5 Å². The minimum absolute atomic E-state index is 0.334. The van der Waals surface area contributed by atoms with E-state index in [1.807, 2.05) is 12.4 Å². The summed E-state index contributed by atoms with van der Waals surface area (Å²) in [5.41, 5.74) is 5.37. The molecule has 0 radical (unpaired) electrons. The number of nitrogens with one attached hydrogen (secondary N) is 1. The van der Waals surface area contributed by atoms with Crippen LogP contribution >= 0.6 is 0 Å². The number of hydrogen-bond acceptors (Lipinski definition) is 2. The zero-order valence-electron chi connectivity index (χ0n) is 12.7. The van der Waals surface area contributed by atoms with Crippen molar-refractivity contribution in [2.24, 2.45) is 0 Å². The normalized spacial score (nSPS) is 12.3. The Morgan fingerprint density at radius 2 is 1.75 bits per heavy atom. The van der Waals surface area contributed by atoms with Crippen molar-refractivity contribution in [2.75, 3.05) is 6.54 Å². The first kappa shape index (κ1) is 14.7. The third-order valence-electron chi connectivity index (χ3n) is 3.78. The van der Waals surface area contributed by atoms with Crippen LogP contribution in [0.4, 0.5) is 0 Å². The number of benzene rings is 1. The Kier molecular flexibility index (Phi) is 5.31. The molecule has 106 valence electrons. The molecule has 0 aliphatic rings. The topological polar surface area (TPSA) is 24.9 Å². The predicted octanol–water partition coefficient (Wildman–Crippen LogP) is 3.85. The van der Waals surface area contributed by atoms with E-state index in [4.69, 9.17) is 0 Å². The van der Waals surface area contributed by atoms with Crippen molar-refractivity contribution in [3.8, 4) is 0 Å². The molecule has 0 aliphatic heterocycles. The molecule has 2 aromatic rings. The zero-order chi connectivity index (χ0) is 14.4. The zero-order valence-corrected chi connectivity index (χ0v) is 12.7. The number of likely N-dealkylation sites (N-methyl/N-ethyl adjacent to an activating group) is 1. The van der Waals surface area contributed by atoms with E-state index in [9.17, 15) is 0 Å². The molecule has 0 saturated heterocycles. The summed E-state index contributed by atoms with van der Waals surface area (Å²) in [5.74, 6) is 0. The van der Waals surface area contributed by atoms with E-state index in [2.05, 4.69) is 61.4 Å². The third-order valence-corrected chi connectivity index (χ3v) is 3.78. The number of hydrogen-bond donors (Lipinski definition) is 1. The van der Waals surface area contributed by atoms with Gasteiger partial charge in [0, 0.05) is 18.4 Å². The van der Waals surface area contributed by atoms with Crippen LogP contribution in [0, 0.1) is 6.92 Å². The van der Waals surface area contributed by atoms with Gasteiger partial charge in [0.15, 0.2) is 0 Å². The van der Waals surface area contributed by atoms with Crippen LogP contribution in [0.1, 0.15) is 42.1 Å². The van der Waals surface area contributed by atoms with Crippen molar-refractivity contribution in [3.05, 3.63) is 65.0 Å². The molecule has 0 fully saturated rings. The lowest BCUT2D eigenvalue weighted by atomic mass is 9.96. The highest BCUT2D eigenvalue weighted by molar-refractivity contribution is 5.29. The Hall–Kier alpha value is -1.67. The van der Waals surface area contributed by atoms with Crippen LogP contribution in [0.15, 0.2) is 42.7 Å². The molecule has 1 aromatic carbocycles. The lowest BCUT2D eigenvalue weighted by molar-refractivity contribution is 0.545. The average molecular weight is 268 g/mol. The van der Waals surface area contributed by atoms with Crippen molar-refractivity contribution in [1.82, 2.24) is 10.3 Å². The van der Waals surface area contributed by atoms with Crippen LogP contribution in [0.5, 0.6) is 0 Å². The second-order valence-electron chi connectivity index (χ2n) is 5.22. The van der Waals surface area contributed by atoms with Gasteiger partial charge in [-0.1, -0.05) is 38.1 Å². The molecule has 1 heterocycles. The van der Waals surface area contributed by atoms with Gasteiger partial charge >= 0.3 is 0 Å². The highest BCUT2D eigenvalue weighted by Gasteiger charge is 2.13. The van der Waals surface area contributed by atoms with E-state index < -0.39 is 0 Å². The van der Waals surface area contributed by atoms with Crippen LogP contribution in [0.25, 0.3) is 0 Å². The molecule has 0 bridgehead atoms. The number of aromatic nitrogens is 1. The van der Waals surface area contributed by atoms with Gasteiger partial charge in [-0.05, 0) is 54.6 Å². The van der Waals surface area contributed by atoms with Gasteiger partial charge in [-0.3, -0.25) is 4.98 Å². The van der Waals surface area contributed by atoms with Crippen molar-refractivity contribution in [1.29, 1.82) is 0 Å². The summed E-state index contributed by atoms with van der Waals surface area (Å²) >= 11 is 0. The second kappa shape index (κ2) is 7.20. The van der Waals surface area contributed by atoms with Gasteiger partial charge in [0.2, 0.25) is 0 Å².